The zero-order valence-corrected chi connectivity index (χ0v) is 8.91. The van der Waals surface area contributed by atoms with Gasteiger partial charge >= 0.3 is 0 Å². The standard InChI is InChI=1S/C9H4F2N2O3S/c10-6-3-5(13(14)15)4-7(11)8(6)17-9-12-1-2-16-9/h1-4H. The number of non-ortho nitro benzene ring substituents is 1. The molecule has 88 valence electrons. The van der Waals surface area contributed by atoms with Crippen molar-refractivity contribution >= 4 is 17.4 Å². The van der Waals surface area contributed by atoms with Gasteiger partial charge in [-0.05, 0) is 11.8 Å². The largest absolute Gasteiger partial charge is 0.440 e. The maximum Gasteiger partial charge on any atom is 0.275 e. The molecule has 0 aliphatic heterocycles. The van der Waals surface area contributed by atoms with Crippen LogP contribution in [0.15, 0.2) is 39.1 Å². The molecule has 0 saturated carbocycles. The average Bonchev–Trinajstić information content (AvgIpc) is 2.75. The van der Waals surface area contributed by atoms with Crippen LogP contribution in [0.2, 0.25) is 0 Å². The van der Waals surface area contributed by atoms with Crippen LogP contribution in [0.25, 0.3) is 0 Å². The highest BCUT2D eigenvalue weighted by molar-refractivity contribution is 7.99. The lowest BCUT2D eigenvalue weighted by molar-refractivity contribution is -0.385. The molecule has 2 rings (SSSR count). The zero-order chi connectivity index (χ0) is 12.4. The molecule has 1 heterocycles. The van der Waals surface area contributed by atoms with Crippen molar-refractivity contribution in [2.24, 2.45) is 0 Å². The van der Waals surface area contributed by atoms with Crippen LogP contribution in [-0.2, 0) is 0 Å². The first-order valence-corrected chi connectivity index (χ1v) is 5.10. The lowest BCUT2D eigenvalue weighted by atomic mass is 10.3. The van der Waals surface area contributed by atoms with Crippen molar-refractivity contribution < 1.29 is 18.1 Å². The number of hydrogen-bond donors (Lipinski definition) is 0. The third-order valence-corrected chi connectivity index (χ3v) is 2.76. The number of nitrogens with zero attached hydrogens (tertiary/aromatic N) is 2. The third kappa shape index (κ3) is 2.41. The Balaban J connectivity index is 2.38. The van der Waals surface area contributed by atoms with E-state index in [4.69, 9.17) is 4.42 Å². The summed E-state index contributed by atoms with van der Waals surface area (Å²) in [5.41, 5.74) is -0.642. The predicted molar refractivity (Wildman–Crippen MR) is 53.6 cm³/mol. The van der Waals surface area contributed by atoms with Crippen LogP contribution in [0.5, 0.6) is 0 Å². The molecule has 0 bridgehead atoms. The summed E-state index contributed by atoms with van der Waals surface area (Å²) in [6.07, 6.45) is 2.58. The third-order valence-electron chi connectivity index (χ3n) is 1.79. The van der Waals surface area contributed by atoms with E-state index in [0.29, 0.717) is 23.9 Å². The molecule has 0 unspecified atom stereocenters. The maximum absolute atomic E-state index is 13.4. The van der Waals surface area contributed by atoms with Crippen molar-refractivity contribution in [3.63, 3.8) is 0 Å². The molecule has 2 aromatic rings. The molecule has 0 N–H and O–H groups in total. The number of oxazole rings is 1. The summed E-state index contributed by atoms with van der Waals surface area (Å²) in [5, 5.41) is 10.4. The molecule has 1 aromatic heterocycles. The first-order chi connectivity index (χ1) is 8.08. The molecular formula is C9H4F2N2O3S. The SMILES string of the molecule is O=[N+]([O-])c1cc(F)c(Sc2ncco2)c(F)c1. The van der Waals surface area contributed by atoms with Gasteiger partial charge in [0.1, 0.15) is 17.9 Å². The lowest BCUT2D eigenvalue weighted by Crippen LogP contribution is -1.94. The fourth-order valence-corrected chi connectivity index (χ4v) is 1.80. The number of nitro benzene ring substituents is 1. The fraction of sp³-hybridized carbons (Fsp3) is 0. The van der Waals surface area contributed by atoms with E-state index >= 15 is 0 Å². The van der Waals surface area contributed by atoms with Crippen LogP contribution in [0, 0.1) is 21.7 Å². The van der Waals surface area contributed by atoms with Crippen LogP contribution < -0.4 is 0 Å². The van der Waals surface area contributed by atoms with Crippen molar-refractivity contribution in [3.05, 3.63) is 46.3 Å². The Hall–Kier alpha value is -1.96. The molecule has 0 radical (unpaired) electrons. The topological polar surface area (TPSA) is 69.2 Å². The van der Waals surface area contributed by atoms with Gasteiger partial charge in [-0.2, -0.15) is 0 Å². The Morgan fingerprint density at radius 1 is 1.35 bits per heavy atom. The van der Waals surface area contributed by atoms with E-state index in [9.17, 15) is 18.9 Å². The molecule has 17 heavy (non-hydrogen) atoms. The molecule has 0 aliphatic carbocycles. The molecule has 5 nitrogen and oxygen atoms in total. The van der Waals surface area contributed by atoms with Gasteiger partial charge in [0.05, 0.1) is 28.1 Å². The van der Waals surface area contributed by atoms with E-state index in [-0.39, 0.29) is 5.22 Å². The number of halogens is 2. The van der Waals surface area contributed by atoms with Crippen molar-refractivity contribution in [2.75, 3.05) is 0 Å². The van der Waals surface area contributed by atoms with Crippen molar-refractivity contribution in [2.45, 2.75) is 10.1 Å². The van der Waals surface area contributed by atoms with Crippen LogP contribution in [-0.4, -0.2) is 9.91 Å². The van der Waals surface area contributed by atoms with Crippen LogP contribution in [0.3, 0.4) is 0 Å². The quantitative estimate of drug-likeness (QED) is 0.625. The first kappa shape index (κ1) is 11.5. The minimum Gasteiger partial charge on any atom is -0.440 e. The predicted octanol–water partition coefficient (Wildman–Crippen LogP) is 3.01. The van der Waals surface area contributed by atoms with Gasteiger partial charge < -0.3 is 4.42 Å². The Morgan fingerprint density at radius 2 is 2.00 bits per heavy atom. The Morgan fingerprint density at radius 3 is 2.47 bits per heavy atom. The summed E-state index contributed by atoms with van der Waals surface area (Å²) in [4.78, 5) is 12.8. The van der Waals surface area contributed by atoms with Gasteiger partial charge in [-0.15, -0.1) is 0 Å². The van der Waals surface area contributed by atoms with Gasteiger partial charge in [0.15, 0.2) is 0 Å². The normalized spacial score (nSPS) is 10.5. The summed E-state index contributed by atoms with van der Waals surface area (Å²) in [6.45, 7) is 0. The van der Waals surface area contributed by atoms with Crippen LogP contribution in [0.4, 0.5) is 14.5 Å². The minimum atomic E-state index is -1.03. The number of nitro groups is 1. The van der Waals surface area contributed by atoms with E-state index in [0.717, 1.165) is 0 Å². The first-order valence-electron chi connectivity index (χ1n) is 4.28. The summed E-state index contributed by atoms with van der Waals surface area (Å²) < 4.78 is 31.7. The molecule has 0 spiro atoms. The van der Waals surface area contributed by atoms with Gasteiger partial charge in [0.2, 0.25) is 0 Å². The van der Waals surface area contributed by atoms with Gasteiger partial charge in [-0.3, -0.25) is 10.1 Å². The van der Waals surface area contributed by atoms with E-state index in [1.54, 1.807) is 0 Å². The zero-order valence-electron chi connectivity index (χ0n) is 8.09. The molecular weight excluding hydrogens is 254 g/mol. The van der Waals surface area contributed by atoms with Gasteiger partial charge in [0.25, 0.3) is 10.9 Å². The highest BCUT2D eigenvalue weighted by Gasteiger charge is 2.19. The summed E-state index contributed by atoms with van der Waals surface area (Å²) >= 11 is 0.618. The van der Waals surface area contributed by atoms with Crippen molar-refractivity contribution in [3.8, 4) is 0 Å². The number of hydrogen-bond acceptors (Lipinski definition) is 5. The van der Waals surface area contributed by atoms with E-state index in [2.05, 4.69) is 4.98 Å². The summed E-state index contributed by atoms with van der Waals surface area (Å²) in [5.74, 6) is -2.06. The second kappa shape index (κ2) is 4.50. The highest BCUT2D eigenvalue weighted by atomic mass is 32.2. The van der Waals surface area contributed by atoms with E-state index in [1.165, 1.54) is 12.5 Å². The Bertz CT molecular complexity index is 536. The number of aromatic nitrogens is 1. The van der Waals surface area contributed by atoms with Crippen molar-refractivity contribution in [1.29, 1.82) is 0 Å². The summed E-state index contributed by atoms with van der Waals surface area (Å²) in [6, 6.07) is 1.29. The van der Waals surface area contributed by atoms with E-state index in [1.807, 2.05) is 0 Å². The number of rotatable bonds is 3. The summed E-state index contributed by atoms with van der Waals surface area (Å²) in [7, 11) is 0. The number of benzene rings is 1. The van der Waals surface area contributed by atoms with Gasteiger partial charge in [-0.25, -0.2) is 13.8 Å². The average molecular weight is 258 g/mol. The van der Waals surface area contributed by atoms with E-state index < -0.39 is 27.1 Å². The second-order valence-electron chi connectivity index (χ2n) is 2.90. The minimum absolute atomic E-state index is 0.0525. The fourth-order valence-electron chi connectivity index (χ4n) is 1.10. The van der Waals surface area contributed by atoms with Crippen LogP contribution >= 0.6 is 11.8 Å². The molecule has 0 fully saturated rings. The smallest absolute Gasteiger partial charge is 0.275 e. The van der Waals surface area contributed by atoms with Crippen LogP contribution in [0.1, 0.15) is 0 Å². The molecule has 0 atom stereocenters. The molecule has 0 amide bonds. The highest BCUT2D eigenvalue weighted by Crippen LogP contribution is 2.33. The Kier molecular flexibility index (Phi) is 3.05. The second-order valence-corrected chi connectivity index (χ2v) is 3.86. The van der Waals surface area contributed by atoms with Crippen molar-refractivity contribution in [1.82, 2.24) is 4.98 Å². The van der Waals surface area contributed by atoms with Gasteiger partial charge in [0, 0.05) is 0 Å². The maximum atomic E-state index is 13.4. The van der Waals surface area contributed by atoms with Gasteiger partial charge in [-0.1, -0.05) is 0 Å². The molecule has 1 aromatic carbocycles. The molecule has 8 heteroatoms. The molecule has 0 saturated heterocycles. The Labute approximate surface area is 97.6 Å². The lowest BCUT2D eigenvalue weighted by Gasteiger charge is -2.01. The monoisotopic (exact) mass is 258 g/mol. The molecule has 0 aliphatic rings.